The molecule has 8 heteroatoms. The van der Waals surface area contributed by atoms with E-state index in [0.717, 1.165) is 48.6 Å². The summed E-state index contributed by atoms with van der Waals surface area (Å²) in [6, 6.07) is 18.5. The van der Waals surface area contributed by atoms with Gasteiger partial charge < -0.3 is 30.3 Å². The van der Waals surface area contributed by atoms with Crippen LogP contribution in [0.15, 0.2) is 54.6 Å². The predicted molar refractivity (Wildman–Crippen MR) is 143 cm³/mol. The summed E-state index contributed by atoms with van der Waals surface area (Å²) in [5.41, 5.74) is 8.64. The van der Waals surface area contributed by atoms with Gasteiger partial charge >= 0.3 is 13.2 Å². The second kappa shape index (κ2) is 10.3. The van der Waals surface area contributed by atoms with Gasteiger partial charge in [-0.3, -0.25) is 0 Å². The Labute approximate surface area is 212 Å². The van der Waals surface area contributed by atoms with E-state index in [0.29, 0.717) is 5.46 Å². The molecule has 0 radical (unpaired) electrons. The van der Waals surface area contributed by atoms with Crippen molar-refractivity contribution in [3.63, 3.8) is 0 Å². The molecule has 0 unspecified atom stereocenters. The SMILES string of the molecule is Cc1c(CNC(=O)OCC2c3ccccc3-c3ccccc32)cc(N2CCNCC2)c(C)c1B(O)O. The van der Waals surface area contributed by atoms with Gasteiger partial charge in [-0.1, -0.05) is 48.5 Å². The summed E-state index contributed by atoms with van der Waals surface area (Å²) in [5.74, 6) is -0.000266. The van der Waals surface area contributed by atoms with Gasteiger partial charge in [0, 0.05) is 44.3 Å². The number of piperazine rings is 1. The summed E-state index contributed by atoms with van der Waals surface area (Å²) in [4.78, 5) is 15.0. The standard InChI is InChI=1S/C28H32BN3O4/c1-18-20(15-26(19(2)27(18)29(34)35)32-13-11-30-12-14-32)16-31-28(33)36-17-25-23-9-5-3-7-21(23)22-8-4-6-10-24(22)25/h3-10,15,25,30,34-35H,11-14,16-17H2,1-2H3,(H,31,33). The van der Waals surface area contributed by atoms with Crippen LogP contribution in [0.5, 0.6) is 0 Å². The molecule has 1 amide bonds. The molecule has 3 aromatic carbocycles. The highest BCUT2D eigenvalue weighted by Crippen LogP contribution is 2.44. The topological polar surface area (TPSA) is 94.1 Å². The van der Waals surface area contributed by atoms with Crippen LogP contribution in [0.3, 0.4) is 0 Å². The first-order valence-corrected chi connectivity index (χ1v) is 12.5. The molecule has 3 aromatic rings. The largest absolute Gasteiger partial charge is 0.489 e. The van der Waals surface area contributed by atoms with Crippen LogP contribution in [-0.2, 0) is 11.3 Å². The Hall–Kier alpha value is -3.33. The van der Waals surface area contributed by atoms with Gasteiger partial charge in [0.05, 0.1) is 0 Å². The van der Waals surface area contributed by atoms with Gasteiger partial charge in [-0.05, 0) is 64.3 Å². The van der Waals surface area contributed by atoms with Crippen LogP contribution in [0.25, 0.3) is 11.1 Å². The minimum absolute atomic E-state index is 0.000266. The summed E-state index contributed by atoms with van der Waals surface area (Å²) in [6.45, 7) is 7.68. The number of hydrogen-bond acceptors (Lipinski definition) is 6. The smallest absolute Gasteiger partial charge is 0.449 e. The Morgan fingerprint density at radius 1 is 1.03 bits per heavy atom. The first kappa shape index (κ1) is 24.4. The van der Waals surface area contributed by atoms with Gasteiger partial charge in [-0.15, -0.1) is 0 Å². The second-order valence-electron chi connectivity index (χ2n) is 9.51. The lowest BCUT2D eigenvalue weighted by Crippen LogP contribution is -2.45. The number of amides is 1. The van der Waals surface area contributed by atoms with Gasteiger partial charge in [0.1, 0.15) is 6.61 Å². The fourth-order valence-electron chi connectivity index (χ4n) is 5.60. The average Bonchev–Trinajstić information content (AvgIpc) is 3.21. The van der Waals surface area contributed by atoms with E-state index in [2.05, 4.69) is 39.8 Å². The fourth-order valence-corrected chi connectivity index (χ4v) is 5.60. The number of carbonyl (C=O) groups excluding carboxylic acids is 1. The van der Waals surface area contributed by atoms with Gasteiger partial charge in [0.25, 0.3) is 0 Å². The molecule has 1 fully saturated rings. The summed E-state index contributed by atoms with van der Waals surface area (Å²) in [7, 11) is -1.58. The molecule has 186 valence electrons. The molecule has 36 heavy (non-hydrogen) atoms. The Morgan fingerprint density at radius 2 is 1.64 bits per heavy atom. The van der Waals surface area contributed by atoms with Crippen molar-refractivity contribution in [3.8, 4) is 11.1 Å². The molecule has 1 aliphatic heterocycles. The molecule has 1 saturated heterocycles. The molecule has 1 heterocycles. The van der Waals surface area contributed by atoms with E-state index in [1.165, 1.54) is 22.3 Å². The zero-order valence-electron chi connectivity index (χ0n) is 20.8. The summed E-state index contributed by atoms with van der Waals surface area (Å²) >= 11 is 0. The minimum Gasteiger partial charge on any atom is -0.449 e. The molecular weight excluding hydrogens is 453 g/mol. The van der Waals surface area contributed by atoms with Gasteiger partial charge in [-0.25, -0.2) is 4.79 Å². The average molecular weight is 485 g/mol. The molecule has 0 bridgehead atoms. The van der Waals surface area contributed by atoms with Crippen molar-refractivity contribution < 1.29 is 19.6 Å². The molecule has 7 nitrogen and oxygen atoms in total. The number of benzene rings is 3. The van der Waals surface area contributed by atoms with Crippen molar-refractivity contribution in [1.82, 2.24) is 10.6 Å². The van der Waals surface area contributed by atoms with Gasteiger partial charge in [-0.2, -0.15) is 0 Å². The predicted octanol–water partition coefficient (Wildman–Crippen LogP) is 2.43. The minimum atomic E-state index is -1.58. The summed E-state index contributed by atoms with van der Waals surface area (Å²) in [6.07, 6.45) is -0.494. The van der Waals surface area contributed by atoms with Crippen molar-refractivity contribution in [1.29, 1.82) is 0 Å². The van der Waals surface area contributed by atoms with Crippen molar-refractivity contribution >= 4 is 24.4 Å². The van der Waals surface area contributed by atoms with E-state index < -0.39 is 13.2 Å². The third-order valence-electron chi connectivity index (χ3n) is 7.47. The molecule has 1 aliphatic carbocycles. The van der Waals surface area contributed by atoms with Crippen LogP contribution in [0.4, 0.5) is 10.5 Å². The number of hydrogen-bond donors (Lipinski definition) is 4. The summed E-state index contributed by atoms with van der Waals surface area (Å²) in [5, 5.41) is 26.4. The van der Waals surface area contributed by atoms with Crippen LogP contribution in [0.1, 0.15) is 33.7 Å². The van der Waals surface area contributed by atoms with Crippen LogP contribution in [0, 0.1) is 13.8 Å². The maximum Gasteiger partial charge on any atom is 0.489 e. The molecule has 4 N–H and O–H groups in total. The number of anilines is 1. The molecule has 2 aliphatic rings. The van der Waals surface area contributed by atoms with Crippen LogP contribution >= 0.6 is 0 Å². The number of alkyl carbamates (subject to hydrolysis) is 1. The first-order valence-electron chi connectivity index (χ1n) is 12.5. The van der Waals surface area contributed by atoms with E-state index in [9.17, 15) is 14.8 Å². The Kier molecular flexibility index (Phi) is 7.00. The number of fused-ring (bicyclic) bond motifs is 3. The van der Waals surface area contributed by atoms with Crippen molar-refractivity contribution in [3.05, 3.63) is 82.4 Å². The normalized spacial score (nSPS) is 14.8. The monoisotopic (exact) mass is 485 g/mol. The highest BCUT2D eigenvalue weighted by molar-refractivity contribution is 6.60. The number of nitrogens with zero attached hydrogens (tertiary/aromatic N) is 1. The second-order valence-corrected chi connectivity index (χ2v) is 9.51. The van der Waals surface area contributed by atoms with E-state index >= 15 is 0 Å². The van der Waals surface area contributed by atoms with Gasteiger partial charge in [0.2, 0.25) is 0 Å². The Balaban J connectivity index is 1.30. The van der Waals surface area contributed by atoms with Crippen molar-refractivity contribution in [2.75, 3.05) is 37.7 Å². The van der Waals surface area contributed by atoms with Crippen LogP contribution < -0.4 is 21.0 Å². The third-order valence-corrected chi connectivity index (χ3v) is 7.47. The molecular formula is C28H32BN3O4. The molecule has 0 spiro atoms. The lowest BCUT2D eigenvalue weighted by Gasteiger charge is -2.32. The maximum absolute atomic E-state index is 12.7. The molecule has 0 atom stereocenters. The number of rotatable bonds is 6. The van der Waals surface area contributed by atoms with Crippen LogP contribution in [0.2, 0.25) is 0 Å². The van der Waals surface area contributed by atoms with E-state index in [1.807, 2.05) is 44.2 Å². The number of carbonyl (C=O) groups is 1. The molecule has 0 aromatic heterocycles. The molecule has 0 saturated carbocycles. The summed E-state index contributed by atoms with van der Waals surface area (Å²) < 4.78 is 5.68. The zero-order valence-corrected chi connectivity index (χ0v) is 20.8. The molecule has 5 rings (SSSR count). The number of ether oxygens (including phenoxy) is 1. The first-order chi connectivity index (χ1) is 17.5. The van der Waals surface area contributed by atoms with Crippen LogP contribution in [-0.4, -0.2) is 56.0 Å². The van der Waals surface area contributed by atoms with Gasteiger partial charge in [0.15, 0.2) is 0 Å². The highest BCUT2D eigenvalue weighted by Gasteiger charge is 2.29. The van der Waals surface area contributed by atoms with E-state index in [1.54, 1.807) is 0 Å². The quantitative estimate of drug-likeness (QED) is 0.401. The lowest BCUT2D eigenvalue weighted by molar-refractivity contribution is 0.142. The zero-order chi connectivity index (χ0) is 25.2. The Bertz CT molecular complexity index is 1230. The van der Waals surface area contributed by atoms with Crippen molar-refractivity contribution in [2.45, 2.75) is 26.3 Å². The van der Waals surface area contributed by atoms with E-state index in [4.69, 9.17) is 4.74 Å². The van der Waals surface area contributed by atoms with E-state index in [-0.39, 0.29) is 19.1 Å². The third kappa shape index (κ3) is 4.59. The fraction of sp³-hybridized carbons (Fsp3) is 0.321. The van der Waals surface area contributed by atoms with Crippen molar-refractivity contribution in [2.24, 2.45) is 0 Å². The Morgan fingerprint density at radius 3 is 2.25 bits per heavy atom. The number of nitrogens with one attached hydrogen (secondary N) is 2. The maximum atomic E-state index is 12.7. The lowest BCUT2D eigenvalue weighted by atomic mass is 9.72. The highest BCUT2D eigenvalue weighted by atomic mass is 16.5.